The fraction of sp³-hybridized carbons (Fsp3) is 0.333. The van der Waals surface area contributed by atoms with Gasteiger partial charge in [-0.1, -0.05) is 30.3 Å². The van der Waals surface area contributed by atoms with Crippen molar-refractivity contribution in [2.45, 2.75) is 18.9 Å². The second-order valence-electron chi connectivity index (χ2n) is 4.74. The lowest BCUT2D eigenvalue weighted by Crippen LogP contribution is -2.31. The van der Waals surface area contributed by atoms with Crippen LogP contribution in [-0.2, 0) is 0 Å². The number of anilines is 1. The number of hydrogen-bond donors (Lipinski definition) is 2. The van der Waals surface area contributed by atoms with Crippen LogP contribution in [0.1, 0.15) is 12.8 Å². The first-order chi connectivity index (χ1) is 8.88. The molecule has 0 fully saturated rings. The summed E-state index contributed by atoms with van der Waals surface area (Å²) in [5.74, 6) is 0.956. The third-order valence-electron chi connectivity index (χ3n) is 3.44. The molecule has 0 radical (unpaired) electrons. The molecule has 0 aliphatic carbocycles. The van der Waals surface area contributed by atoms with Gasteiger partial charge in [-0.15, -0.1) is 0 Å². The van der Waals surface area contributed by atoms with Crippen LogP contribution in [0, 0.1) is 0 Å². The number of nitrogens with one attached hydrogen (secondary N) is 1. The third kappa shape index (κ3) is 2.02. The van der Waals surface area contributed by atoms with Gasteiger partial charge in [0.05, 0.1) is 11.7 Å². The van der Waals surface area contributed by atoms with E-state index in [-0.39, 0.29) is 0 Å². The summed E-state index contributed by atoms with van der Waals surface area (Å²) in [6.45, 7) is 1.46. The van der Waals surface area contributed by atoms with Crippen molar-refractivity contribution in [1.82, 2.24) is 0 Å². The van der Waals surface area contributed by atoms with Crippen LogP contribution in [0.4, 0.5) is 5.69 Å². The molecule has 0 saturated heterocycles. The van der Waals surface area contributed by atoms with Gasteiger partial charge in [0.15, 0.2) is 0 Å². The minimum atomic E-state index is 0.367. The molecule has 0 spiro atoms. The summed E-state index contributed by atoms with van der Waals surface area (Å²) in [6, 6.07) is 12.9. The van der Waals surface area contributed by atoms with Crippen molar-refractivity contribution in [3.8, 4) is 5.75 Å². The summed E-state index contributed by atoms with van der Waals surface area (Å²) in [7, 11) is 0. The van der Waals surface area contributed by atoms with Gasteiger partial charge in [-0.2, -0.15) is 0 Å². The fourth-order valence-corrected chi connectivity index (χ4v) is 2.48. The Labute approximate surface area is 107 Å². The normalized spacial score (nSPS) is 17.9. The quantitative estimate of drug-likeness (QED) is 0.870. The van der Waals surface area contributed by atoms with Gasteiger partial charge in [0.2, 0.25) is 0 Å². The fourth-order valence-electron chi connectivity index (χ4n) is 2.48. The topological polar surface area (TPSA) is 47.3 Å². The Balaban J connectivity index is 1.95. The highest BCUT2D eigenvalue weighted by atomic mass is 16.5. The van der Waals surface area contributed by atoms with Crippen molar-refractivity contribution in [2.75, 3.05) is 18.5 Å². The van der Waals surface area contributed by atoms with E-state index < -0.39 is 0 Å². The molecule has 3 rings (SSSR count). The molecule has 0 amide bonds. The molecule has 3 nitrogen and oxygen atoms in total. The van der Waals surface area contributed by atoms with Crippen molar-refractivity contribution in [2.24, 2.45) is 5.73 Å². The van der Waals surface area contributed by atoms with E-state index >= 15 is 0 Å². The summed E-state index contributed by atoms with van der Waals surface area (Å²) in [5.41, 5.74) is 6.69. The highest BCUT2D eigenvalue weighted by Gasteiger charge is 2.19. The Morgan fingerprint density at radius 2 is 2.11 bits per heavy atom. The summed E-state index contributed by atoms with van der Waals surface area (Å²) in [5, 5.41) is 6.07. The molecule has 2 aromatic carbocycles. The average Bonchev–Trinajstić information content (AvgIpc) is 2.45. The summed E-state index contributed by atoms with van der Waals surface area (Å²) < 4.78 is 5.84. The lowest BCUT2D eigenvalue weighted by Gasteiger charge is -2.28. The number of nitrogens with two attached hydrogens (primary N) is 1. The molecule has 0 aromatic heterocycles. The zero-order valence-electron chi connectivity index (χ0n) is 10.4. The largest absolute Gasteiger partial charge is 0.489 e. The number of rotatable bonds is 3. The first kappa shape index (κ1) is 11.4. The van der Waals surface area contributed by atoms with E-state index in [0.717, 1.165) is 37.4 Å². The first-order valence-electron chi connectivity index (χ1n) is 6.49. The molecule has 1 aliphatic rings. The Morgan fingerprint density at radius 1 is 1.22 bits per heavy atom. The molecule has 3 N–H and O–H groups in total. The molecule has 1 heterocycles. The maximum absolute atomic E-state index is 5.84. The van der Waals surface area contributed by atoms with Crippen LogP contribution >= 0.6 is 0 Å². The van der Waals surface area contributed by atoms with Crippen LogP contribution in [0.5, 0.6) is 5.75 Å². The third-order valence-corrected chi connectivity index (χ3v) is 3.44. The van der Waals surface area contributed by atoms with Crippen LogP contribution < -0.4 is 15.8 Å². The second kappa shape index (κ2) is 4.86. The maximum Gasteiger partial charge on any atom is 0.143 e. The van der Waals surface area contributed by atoms with Crippen LogP contribution in [0.25, 0.3) is 10.8 Å². The molecule has 1 aliphatic heterocycles. The highest BCUT2D eigenvalue weighted by Crippen LogP contribution is 2.36. The van der Waals surface area contributed by atoms with Crippen LogP contribution in [0.15, 0.2) is 36.4 Å². The van der Waals surface area contributed by atoms with Crippen molar-refractivity contribution in [3.05, 3.63) is 36.4 Å². The van der Waals surface area contributed by atoms with Gasteiger partial charge < -0.3 is 15.8 Å². The van der Waals surface area contributed by atoms with Gasteiger partial charge in [0, 0.05) is 5.39 Å². The molecule has 18 heavy (non-hydrogen) atoms. The Bertz CT molecular complexity index is 553. The number of benzene rings is 2. The van der Waals surface area contributed by atoms with Crippen molar-refractivity contribution < 1.29 is 4.74 Å². The smallest absolute Gasteiger partial charge is 0.143 e. The van der Waals surface area contributed by atoms with Crippen molar-refractivity contribution >= 4 is 16.5 Å². The van der Waals surface area contributed by atoms with Crippen molar-refractivity contribution in [3.63, 3.8) is 0 Å². The minimum Gasteiger partial charge on any atom is -0.489 e. The summed E-state index contributed by atoms with van der Waals surface area (Å²) in [6.07, 6.45) is 2.08. The molecule has 1 unspecified atom stereocenters. The van der Waals surface area contributed by atoms with E-state index in [1.807, 2.05) is 6.07 Å². The maximum atomic E-state index is 5.84. The SMILES string of the molecule is NCCCC1COc2ccc3ccccc3c2N1. The molecule has 0 bridgehead atoms. The summed E-state index contributed by atoms with van der Waals surface area (Å²) >= 11 is 0. The van der Waals surface area contributed by atoms with E-state index in [2.05, 4.69) is 35.6 Å². The van der Waals surface area contributed by atoms with Crippen LogP contribution in [0.2, 0.25) is 0 Å². The van der Waals surface area contributed by atoms with Gasteiger partial charge >= 0.3 is 0 Å². The molecule has 2 aromatic rings. The molecule has 1 atom stereocenters. The first-order valence-corrected chi connectivity index (χ1v) is 6.49. The van der Waals surface area contributed by atoms with E-state index in [0.29, 0.717) is 6.04 Å². The zero-order valence-corrected chi connectivity index (χ0v) is 10.4. The molecule has 0 saturated carbocycles. The van der Waals surface area contributed by atoms with E-state index in [1.54, 1.807) is 0 Å². The standard InChI is InChI=1S/C15H18N2O/c16-9-3-5-12-10-18-14-8-7-11-4-1-2-6-13(11)15(14)17-12/h1-2,4,6-8,12,17H,3,5,9-10,16H2. The van der Waals surface area contributed by atoms with E-state index in [9.17, 15) is 0 Å². The Morgan fingerprint density at radius 3 is 3.00 bits per heavy atom. The summed E-state index contributed by atoms with van der Waals surface area (Å²) in [4.78, 5) is 0. The monoisotopic (exact) mass is 242 g/mol. The van der Waals surface area contributed by atoms with Crippen molar-refractivity contribution in [1.29, 1.82) is 0 Å². The van der Waals surface area contributed by atoms with Gasteiger partial charge in [-0.25, -0.2) is 0 Å². The van der Waals surface area contributed by atoms with Crippen LogP contribution in [0.3, 0.4) is 0 Å². The highest BCUT2D eigenvalue weighted by molar-refractivity contribution is 5.97. The molecule has 94 valence electrons. The lowest BCUT2D eigenvalue weighted by molar-refractivity contribution is 0.278. The molecular formula is C15H18N2O. The average molecular weight is 242 g/mol. The zero-order chi connectivity index (χ0) is 12.4. The number of ether oxygens (including phenoxy) is 1. The second-order valence-corrected chi connectivity index (χ2v) is 4.74. The Kier molecular flexibility index (Phi) is 3.07. The minimum absolute atomic E-state index is 0.367. The number of hydrogen-bond acceptors (Lipinski definition) is 3. The molecular weight excluding hydrogens is 224 g/mol. The van der Waals surface area contributed by atoms with E-state index in [4.69, 9.17) is 10.5 Å². The lowest BCUT2D eigenvalue weighted by atomic mass is 10.0. The predicted molar refractivity (Wildman–Crippen MR) is 75.1 cm³/mol. The van der Waals surface area contributed by atoms with E-state index in [1.165, 1.54) is 10.8 Å². The van der Waals surface area contributed by atoms with Gasteiger partial charge in [0.25, 0.3) is 0 Å². The Hall–Kier alpha value is -1.74. The molecule has 3 heteroatoms. The predicted octanol–water partition coefficient (Wildman–Crippen LogP) is 2.75. The van der Waals surface area contributed by atoms with Crippen LogP contribution in [-0.4, -0.2) is 19.2 Å². The number of fused-ring (bicyclic) bond motifs is 3. The van der Waals surface area contributed by atoms with Gasteiger partial charge in [0.1, 0.15) is 12.4 Å². The van der Waals surface area contributed by atoms with Gasteiger partial charge in [-0.05, 0) is 30.8 Å². The van der Waals surface area contributed by atoms with Gasteiger partial charge in [-0.3, -0.25) is 0 Å².